The van der Waals surface area contributed by atoms with Gasteiger partial charge in [0.15, 0.2) is 0 Å². The molecule has 1 heterocycles. The number of hydrogen-bond acceptors (Lipinski definition) is 4. The van der Waals surface area contributed by atoms with Gasteiger partial charge in [-0.25, -0.2) is 4.98 Å². The summed E-state index contributed by atoms with van der Waals surface area (Å²) in [5.74, 6) is -0.240. The second-order valence-electron chi connectivity index (χ2n) is 5.26. The van der Waals surface area contributed by atoms with Gasteiger partial charge in [-0.15, -0.1) is 11.3 Å². The van der Waals surface area contributed by atoms with Crippen LogP contribution in [-0.4, -0.2) is 23.3 Å². The molecule has 0 spiro atoms. The van der Waals surface area contributed by atoms with Crippen molar-refractivity contribution < 1.29 is 9.59 Å². The lowest BCUT2D eigenvalue weighted by molar-refractivity contribution is -0.116. The Balaban J connectivity index is 1.76. The zero-order valence-electron chi connectivity index (χ0n) is 13.8. The molecule has 0 aliphatic carbocycles. The van der Waals surface area contributed by atoms with Crippen molar-refractivity contribution >= 4 is 34.9 Å². The average Bonchev–Trinajstić information content (AvgIpc) is 3.02. The number of benzene rings is 1. The van der Waals surface area contributed by atoms with E-state index in [0.29, 0.717) is 6.54 Å². The second kappa shape index (κ2) is 8.98. The molecule has 2 aromatic rings. The van der Waals surface area contributed by atoms with E-state index in [1.807, 2.05) is 17.5 Å². The Hall–Kier alpha value is -2.47. The number of aromatic nitrogens is 1. The molecule has 0 radical (unpaired) electrons. The molecule has 6 heteroatoms. The minimum absolute atomic E-state index is 0.108. The van der Waals surface area contributed by atoms with Crippen LogP contribution >= 0.6 is 11.3 Å². The van der Waals surface area contributed by atoms with E-state index < -0.39 is 0 Å². The minimum Gasteiger partial charge on any atom is -0.352 e. The van der Waals surface area contributed by atoms with Crippen molar-refractivity contribution in [2.75, 3.05) is 11.9 Å². The predicted molar refractivity (Wildman–Crippen MR) is 98.0 cm³/mol. The van der Waals surface area contributed by atoms with Crippen molar-refractivity contribution in [3.63, 3.8) is 0 Å². The Morgan fingerprint density at radius 2 is 2.00 bits per heavy atom. The highest BCUT2D eigenvalue weighted by molar-refractivity contribution is 7.09. The van der Waals surface area contributed by atoms with Crippen LogP contribution in [0.3, 0.4) is 0 Å². The smallest absolute Gasteiger partial charge is 0.244 e. The molecular weight excluding hydrogens is 322 g/mol. The van der Waals surface area contributed by atoms with Crippen molar-refractivity contribution in [1.82, 2.24) is 10.3 Å². The van der Waals surface area contributed by atoms with Crippen LogP contribution in [0.5, 0.6) is 0 Å². The van der Waals surface area contributed by atoms with Crippen LogP contribution in [0.25, 0.3) is 6.08 Å². The van der Waals surface area contributed by atoms with E-state index in [0.717, 1.165) is 34.8 Å². The van der Waals surface area contributed by atoms with Crippen LogP contribution in [0.1, 0.15) is 30.1 Å². The summed E-state index contributed by atoms with van der Waals surface area (Å²) in [5.41, 5.74) is 2.65. The fourth-order valence-electron chi connectivity index (χ4n) is 2.05. The summed E-state index contributed by atoms with van der Waals surface area (Å²) < 4.78 is 0. The first-order valence-electron chi connectivity index (χ1n) is 7.83. The molecule has 0 unspecified atom stereocenters. The van der Waals surface area contributed by atoms with E-state index in [1.54, 1.807) is 29.5 Å². The van der Waals surface area contributed by atoms with Gasteiger partial charge in [-0.05, 0) is 30.2 Å². The van der Waals surface area contributed by atoms with Gasteiger partial charge in [-0.1, -0.05) is 19.1 Å². The van der Waals surface area contributed by atoms with Gasteiger partial charge in [0.25, 0.3) is 0 Å². The Labute approximate surface area is 145 Å². The first-order chi connectivity index (χ1) is 11.6. The SMILES string of the molecule is CCc1nc(CCNC(=O)C=Cc2ccc(NC(C)=O)cc2)cs1. The maximum absolute atomic E-state index is 11.8. The first-order valence-corrected chi connectivity index (χ1v) is 8.71. The molecule has 2 rings (SSSR count). The summed E-state index contributed by atoms with van der Waals surface area (Å²) >= 11 is 1.66. The zero-order valence-corrected chi connectivity index (χ0v) is 14.7. The molecule has 0 saturated heterocycles. The van der Waals surface area contributed by atoms with Gasteiger partial charge < -0.3 is 10.6 Å². The summed E-state index contributed by atoms with van der Waals surface area (Å²) in [4.78, 5) is 27.2. The molecule has 1 aromatic heterocycles. The fraction of sp³-hybridized carbons (Fsp3) is 0.278. The van der Waals surface area contributed by atoms with Crippen LogP contribution in [0.2, 0.25) is 0 Å². The molecule has 2 N–H and O–H groups in total. The van der Waals surface area contributed by atoms with Crippen LogP contribution in [0.15, 0.2) is 35.7 Å². The third-order valence-corrected chi connectivity index (χ3v) is 4.28. The topological polar surface area (TPSA) is 71.1 Å². The number of thiazole rings is 1. The van der Waals surface area contributed by atoms with E-state index in [1.165, 1.54) is 13.0 Å². The number of amides is 2. The molecule has 2 amide bonds. The van der Waals surface area contributed by atoms with E-state index in [4.69, 9.17) is 0 Å². The van der Waals surface area contributed by atoms with E-state index in [2.05, 4.69) is 22.5 Å². The number of hydrogen-bond donors (Lipinski definition) is 2. The van der Waals surface area contributed by atoms with Crippen LogP contribution < -0.4 is 10.6 Å². The second-order valence-corrected chi connectivity index (χ2v) is 6.21. The van der Waals surface area contributed by atoms with Crippen molar-refractivity contribution in [3.05, 3.63) is 52.0 Å². The number of aryl methyl sites for hydroxylation is 1. The Morgan fingerprint density at radius 1 is 1.25 bits per heavy atom. The predicted octanol–water partition coefficient (Wildman–Crippen LogP) is 3.04. The van der Waals surface area contributed by atoms with E-state index >= 15 is 0 Å². The molecule has 24 heavy (non-hydrogen) atoms. The molecule has 0 aliphatic rings. The van der Waals surface area contributed by atoms with Gasteiger partial charge in [-0.3, -0.25) is 9.59 Å². The van der Waals surface area contributed by atoms with Gasteiger partial charge in [-0.2, -0.15) is 0 Å². The number of nitrogens with one attached hydrogen (secondary N) is 2. The lowest BCUT2D eigenvalue weighted by Crippen LogP contribution is -2.23. The monoisotopic (exact) mass is 343 g/mol. The lowest BCUT2D eigenvalue weighted by Gasteiger charge is -2.02. The van der Waals surface area contributed by atoms with Gasteiger partial charge in [0, 0.05) is 37.0 Å². The quantitative estimate of drug-likeness (QED) is 0.759. The third kappa shape index (κ3) is 5.96. The summed E-state index contributed by atoms with van der Waals surface area (Å²) in [7, 11) is 0. The van der Waals surface area contributed by atoms with Crippen molar-refractivity contribution in [1.29, 1.82) is 0 Å². The van der Waals surface area contributed by atoms with Gasteiger partial charge in [0.05, 0.1) is 10.7 Å². The first kappa shape index (κ1) is 17.9. The van der Waals surface area contributed by atoms with Crippen LogP contribution in [0.4, 0.5) is 5.69 Å². The summed E-state index contributed by atoms with van der Waals surface area (Å²) in [6, 6.07) is 7.28. The molecular formula is C18H21N3O2S. The third-order valence-electron chi connectivity index (χ3n) is 3.24. The number of carbonyl (C=O) groups excluding carboxylic acids is 2. The van der Waals surface area contributed by atoms with E-state index in [9.17, 15) is 9.59 Å². The summed E-state index contributed by atoms with van der Waals surface area (Å²) in [6.07, 6.45) is 4.93. The zero-order chi connectivity index (χ0) is 17.4. The minimum atomic E-state index is -0.133. The van der Waals surface area contributed by atoms with E-state index in [-0.39, 0.29) is 11.8 Å². The largest absolute Gasteiger partial charge is 0.352 e. The number of nitrogens with zero attached hydrogens (tertiary/aromatic N) is 1. The Morgan fingerprint density at radius 3 is 2.62 bits per heavy atom. The Bertz CT molecular complexity index is 720. The Kier molecular flexibility index (Phi) is 6.69. The summed E-state index contributed by atoms with van der Waals surface area (Å²) in [6.45, 7) is 4.11. The molecule has 5 nitrogen and oxygen atoms in total. The average molecular weight is 343 g/mol. The number of carbonyl (C=O) groups is 2. The summed E-state index contributed by atoms with van der Waals surface area (Å²) in [5, 5.41) is 8.71. The maximum atomic E-state index is 11.8. The van der Waals surface area contributed by atoms with Gasteiger partial charge in [0.2, 0.25) is 11.8 Å². The van der Waals surface area contributed by atoms with Crippen LogP contribution in [0, 0.1) is 0 Å². The standard InChI is InChI=1S/C18H21N3O2S/c1-3-18-21-16(12-24-18)10-11-19-17(23)9-6-14-4-7-15(8-5-14)20-13(2)22/h4-9,12H,3,10-11H2,1-2H3,(H,19,23)(H,20,22). The van der Waals surface area contributed by atoms with Gasteiger partial charge in [0.1, 0.15) is 0 Å². The normalized spacial score (nSPS) is 10.8. The highest BCUT2D eigenvalue weighted by atomic mass is 32.1. The highest BCUT2D eigenvalue weighted by Crippen LogP contribution is 2.11. The number of anilines is 1. The molecule has 0 saturated carbocycles. The molecule has 1 aromatic carbocycles. The maximum Gasteiger partial charge on any atom is 0.244 e. The van der Waals surface area contributed by atoms with Crippen molar-refractivity contribution in [2.24, 2.45) is 0 Å². The van der Waals surface area contributed by atoms with Gasteiger partial charge >= 0.3 is 0 Å². The molecule has 126 valence electrons. The molecule has 0 fully saturated rings. The number of rotatable bonds is 7. The lowest BCUT2D eigenvalue weighted by atomic mass is 10.2. The van der Waals surface area contributed by atoms with Crippen molar-refractivity contribution in [3.8, 4) is 0 Å². The highest BCUT2D eigenvalue weighted by Gasteiger charge is 2.01. The molecule has 0 bridgehead atoms. The molecule has 0 aliphatic heterocycles. The van der Waals surface area contributed by atoms with Crippen molar-refractivity contribution in [2.45, 2.75) is 26.7 Å². The van der Waals surface area contributed by atoms with Crippen LogP contribution in [-0.2, 0) is 22.4 Å². The fourth-order valence-corrected chi connectivity index (χ4v) is 2.83. The molecule has 0 atom stereocenters.